The van der Waals surface area contributed by atoms with Gasteiger partial charge in [0.2, 0.25) is 11.3 Å². The molecule has 1 fully saturated rings. The lowest BCUT2D eigenvalue weighted by Crippen LogP contribution is -2.37. The van der Waals surface area contributed by atoms with Gasteiger partial charge in [-0.15, -0.1) is 0 Å². The molecule has 8 nitrogen and oxygen atoms in total. The second-order valence-corrected chi connectivity index (χ2v) is 3.44. The van der Waals surface area contributed by atoms with Crippen LogP contribution in [0.25, 0.3) is 11.3 Å². The predicted octanol–water partition coefficient (Wildman–Crippen LogP) is -0.568. The number of nitrogens with two attached hydrogens (primary N) is 1. The van der Waals surface area contributed by atoms with Crippen molar-refractivity contribution in [2.75, 3.05) is 36.9 Å². The number of nitrogens with zero attached hydrogens (tertiary/aromatic N) is 5. The molecule has 84 valence electrons. The van der Waals surface area contributed by atoms with Crippen LogP contribution in [0.4, 0.5) is 11.6 Å². The van der Waals surface area contributed by atoms with Crippen LogP contribution in [-0.4, -0.2) is 46.6 Å². The molecule has 0 amide bonds. The number of nitrogen functional groups attached to an aromatic ring is 1. The van der Waals surface area contributed by atoms with Gasteiger partial charge in [-0.2, -0.15) is 0 Å². The Balaban J connectivity index is 2.03. The molecular formula is C8H10N6O2. The van der Waals surface area contributed by atoms with E-state index in [0.29, 0.717) is 36.1 Å². The minimum atomic E-state index is 0.328. The highest BCUT2D eigenvalue weighted by Crippen LogP contribution is 2.21. The smallest absolute Gasteiger partial charge is 0.245 e. The SMILES string of the molecule is Nc1nc2nonc2nc1N1CCOCC1. The first-order valence-corrected chi connectivity index (χ1v) is 4.93. The van der Waals surface area contributed by atoms with E-state index in [4.69, 9.17) is 10.5 Å². The zero-order valence-corrected chi connectivity index (χ0v) is 8.46. The normalized spacial score (nSPS) is 16.9. The van der Waals surface area contributed by atoms with Crippen molar-refractivity contribution in [1.82, 2.24) is 20.3 Å². The number of fused-ring (bicyclic) bond motifs is 1. The van der Waals surface area contributed by atoms with Crippen LogP contribution in [0, 0.1) is 0 Å². The number of rotatable bonds is 1. The maximum absolute atomic E-state index is 5.81. The van der Waals surface area contributed by atoms with Crippen molar-refractivity contribution in [3.8, 4) is 0 Å². The van der Waals surface area contributed by atoms with Crippen LogP contribution in [0.2, 0.25) is 0 Å². The molecular weight excluding hydrogens is 212 g/mol. The first-order valence-electron chi connectivity index (χ1n) is 4.93. The molecule has 8 heteroatoms. The maximum Gasteiger partial charge on any atom is 0.245 e. The van der Waals surface area contributed by atoms with Crippen LogP contribution in [0.1, 0.15) is 0 Å². The summed E-state index contributed by atoms with van der Waals surface area (Å²) in [7, 11) is 0. The van der Waals surface area contributed by atoms with Gasteiger partial charge in [-0.3, -0.25) is 0 Å². The molecule has 3 rings (SSSR count). The van der Waals surface area contributed by atoms with Gasteiger partial charge in [0.05, 0.1) is 13.2 Å². The molecule has 3 heterocycles. The van der Waals surface area contributed by atoms with Crippen molar-refractivity contribution in [1.29, 1.82) is 0 Å². The second kappa shape index (κ2) is 3.56. The van der Waals surface area contributed by atoms with Crippen LogP contribution in [0.3, 0.4) is 0 Å². The van der Waals surface area contributed by atoms with Crippen molar-refractivity contribution in [3.05, 3.63) is 0 Å². The molecule has 2 N–H and O–H groups in total. The van der Waals surface area contributed by atoms with E-state index in [2.05, 4.69) is 24.9 Å². The molecule has 0 aliphatic carbocycles. The minimum Gasteiger partial charge on any atom is -0.381 e. The van der Waals surface area contributed by atoms with Gasteiger partial charge in [0.1, 0.15) is 0 Å². The second-order valence-electron chi connectivity index (χ2n) is 3.44. The summed E-state index contributed by atoms with van der Waals surface area (Å²) in [6, 6.07) is 0. The van der Waals surface area contributed by atoms with Gasteiger partial charge < -0.3 is 15.4 Å². The Morgan fingerprint density at radius 3 is 2.50 bits per heavy atom. The van der Waals surface area contributed by atoms with E-state index in [1.807, 2.05) is 4.90 Å². The Kier molecular flexibility index (Phi) is 2.07. The molecule has 0 saturated carbocycles. The predicted molar refractivity (Wildman–Crippen MR) is 54.8 cm³/mol. The fourth-order valence-electron chi connectivity index (χ4n) is 1.65. The number of hydrogen-bond donors (Lipinski definition) is 1. The summed E-state index contributed by atoms with van der Waals surface area (Å²) in [5.74, 6) is 0.955. The summed E-state index contributed by atoms with van der Waals surface area (Å²) in [5.41, 5.74) is 6.51. The lowest BCUT2D eigenvalue weighted by atomic mass is 10.4. The van der Waals surface area contributed by atoms with Crippen LogP contribution in [-0.2, 0) is 4.74 Å². The minimum absolute atomic E-state index is 0.328. The molecule has 2 aromatic rings. The van der Waals surface area contributed by atoms with Crippen LogP contribution < -0.4 is 10.6 Å². The van der Waals surface area contributed by atoms with E-state index in [0.717, 1.165) is 13.1 Å². The fourth-order valence-corrected chi connectivity index (χ4v) is 1.65. The van der Waals surface area contributed by atoms with Gasteiger partial charge in [-0.05, 0) is 10.3 Å². The zero-order chi connectivity index (χ0) is 11.0. The Morgan fingerprint density at radius 2 is 1.75 bits per heavy atom. The lowest BCUT2D eigenvalue weighted by Gasteiger charge is -2.27. The topological polar surface area (TPSA) is 103 Å². The van der Waals surface area contributed by atoms with Gasteiger partial charge in [0.15, 0.2) is 11.6 Å². The van der Waals surface area contributed by atoms with Crippen LogP contribution in [0.15, 0.2) is 4.63 Å². The standard InChI is InChI=1S/C8H10N6O2/c9-5-8(14-1-3-15-4-2-14)11-7-6(10-5)12-16-13-7/h1-4H2,(H2,9,10,12). The number of anilines is 2. The third-order valence-corrected chi connectivity index (χ3v) is 2.43. The molecule has 0 atom stereocenters. The van der Waals surface area contributed by atoms with Crippen molar-refractivity contribution in [2.24, 2.45) is 0 Å². The van der Waals surface area contributed by atoms with E-state index in [9.17, 15) is 0 Å². The molecule has 1 aliphatic rings. The van der Waals surface area contributed by atoms with Gasteiger partial charge >= 0.3 is 0 Å². The van der Waals surface area contributed by atoms with Gasteiger partial charge in [-0.1, -0.05) is 0 Å². The summed E-state index contributed by atoms with van der Waals surface area (Å²) >= 11 is 0. The Hall–Kier alpha value is -1.96. The van der Waals surface area contributed by atoms with E-state index in [-0.39, 0.29) is 0 Å². The van der Waals surface area contributed by atoms with Crippen molar-refractivity contribution in [2.45, 2.75) is 0 Å². The molecule has 2 aromatic heterocycles. The molecule has 16 heavy (non-hydrogen) atoms. The summed E-state index contributed by atoms with van der Waals surface area (Å²) in [6.45, 7) is 2.82. The molecule has 0 radical (unpaired) electrons. The lowest BCUT2D eigenvalue weighted by molar-refractivity contribution is 0.122. The Bertz CT molecular complexity index is 506. The van der Waals surface area contributed by atoms with Gasteiger partial charge in [0.25, 0.3) is 0 Å². The fraction of sp³-hybridized carbons (Fsp3) is 0.500. The van der Waals surface area contributed by atoms with E-state index >= 15 is 0 Å². The highest BCUT2D eigenvalue weighted by molar-refractivity contribution is 5.72. The summed E-state index contributed by atoms with van der Waals surface area (Å²) in [5, 5.41) is 7.22. The number of ether oxygens (including phenoxy) is 1. The van der Waals surface area contributed by atoms with Crippen LogP contribution in [0.5, 0.6) is 0 Å². The average Bonchev–Trinajstić information content (AvgIpc) is 2.76. The average molecular weight is 222 g/mol. The molecule has 0 unspecified atom stereocenters. The van der Waals surface area contributed by atoms with Crippen LogP contribution >= 0.6 is 0 Å². The summed E-state index contributed by atoms with van der Waals surface area (Å²) in [6.07, 6.45) is 0. The van der Waals surface area contributed by atoms with Crippen molar-refractivity contribution >= 4 is 22.9 Å². The zero-order valence-electron chi connectivity index (χ0n) is 8.46. The van der Waals surface area contributed by atoms with Gasteiger partial charge in [0, 0.05) is 13.1 Å². The van der Waals surface area contributed by atoms with Gasteiger partial charge in [-0.25, -0.2) is 14.6 Å². The molecule has 0 bridgehead atoms. The Morgan fingerprint density at radius 1 is 1.06 bits per heavy atom. The maximum atomic E-state index is 5.81. The first kappa shape index (κ1) is 9.28. The number of aromatic nitrogens is 4. The quantitative estimate of drug-likeness (QED) is 0.684. The van der Waals surface area contributed by atoms with Crippen molar-refractivity contribution < 1.29 is 9.37 Å². The highest BCUT2D eigenvalue weighted by Gasteiger charge is 2.18. The molecule has 0 spiro atoms. The molecule has 1 aliphatic heterocycles. The molecule has 1 saturated heterocycles. The first-order chi connectivity index (χ1) is 7.84. The monoisotopic (exact) mass is 222 g/mol. The third kappa shape index (κ3) is 1.43. The van der Waals surface area contributed by atoms with E-state index in [1.54, 1.807) is 0 Å². The third-order valence-electron chi connectivity index (χ3n) is 2.43. The summed E-state index contributed by atoms with van der Waals surface area (Å²) in [4.78, 5) is 10.4. The Labute approximate surface area is 90.4 Å². The van der Waals surface area contributed by atoms with E-state index in [1.165, 1.54) is 0 Å². The largest absolute Gasteiger partial charge is 0.381 e. The summed E-state index contributed by atoms with van der Waals surface area (Å²) < 4.78 is 9.79. The highest BCUT2D eigenvalue weighted by atomic mass is 16.6. The van der Waals surface area contributed by atoms with Crippen molar-refractivity contribution in [3.63, 3.8) is 0 Å². The van der Waals surface area contributed by atoms with E-state index < -0.39 is 0 Å². The molecule has 0 aromatic carbocycles. The number of morpholine rings is 1. The number of hydrogen-bond acceptors (Lipinski definition) is 8.